The summed E-state index contributed by atoms with van der Waals surface area (Å²) in [6, 6.07) is 14.2. The summed E-state index contributed by atoms with van der Waals surface area (Å²) in [6.07, 6.45) is 3.82. The molecule has 30 heavy (non-hydrogen) atoms. The quantitative estimate of drug-likeness (QED) is 0.402. The number of allylic oxidation sites excluding steroid dienone is 1. The molecule has 1 heterocycles. The molecule has 6 heteroatoms. The van der Waals surface area contributed by atoms with Gasteiger partial charge in [-0.05, 0) is 36.1 Å². The van der Waals surface area contributed by atoms with Crippen LogP contribution in [0.15, 0.2) is 60.2 Å². The Balaban J connectivity index is 1.45. The summed E-state index contributed by atoms with van der Waals surface area (Å²) in [5, 5.41) is 14.4. The summed E-state index contributed by atoms with van der Waals surface area (Å²) in [5.74, 6) is 0.0225. The zero-order chi connectivity index (χ0) is 21.3. The van der Waals surface area contributed by atoms with Crippen LogP contribution in [0.5, 0.6) is 5.75 Å². The second-order valence-corrected chi connectivity index (χ2v) is 7.69. The summed E-state index contributed by atoms with van der Waals surface area (Å²) in [5.41, 5.74) is 6.29. The average Bonchev–Trinajstić information content (AvgIpc) is 2.73. The fourth-order valence-electron chi connectivity index (χ4n) is 3.65. The van der Waals surface area contributed by atoms with Crippen LogP contribution >= 0.6 is 0 Å². The number of benzene rings is 2. The van der Waals surface area contributed by atoms with Crippen molar-refractivity contribution in [3.63, 3.8) is 0 Å². The van der Waals surface area contributed by atoms with E-state index in [1.54, 1.807) is 6.08 Å². The van der Waals surface area contributed by atoms with Gasteiger partial charge in [-0.1, -0.05) is 42.5 Å². The predicted molar refractivity (Wildman–Crippen MR) is 121 cm³/mol. The zero-order valence-corrected chi connectivity index (χ0v) is 17.6. The Morgan fingerprint density at radius 3 is 2.57 bits per heavy atom. The lowest BCUT2D eigenvalue weighted by molar-refractivity contribution is -0.122. The van der Waals surface area contributed by atoms with Gasteiger partial charge in [0.05, 0.1) is 12.8 Å². The first-order valence-electron chi connectivity index (χ1n) is 10.3. The molecule has 0 radical (unpaired) electrons. The van der Waals surface area contributed by atoms with Crippen molar-refractivity contribution in [3.05, 3.63) is 77.4 Å². The number of phenols is 1. The van der Waals surface area contributed by atoms with E-state index in [1.807, 2.05) is 25.1 Å². The third kappa shape index (κ3) is 6.27. The summed E-state index contributed by atoms with van der Waals surface area (Å²) in [4.78, 5) is 16.8. The normalized spacial score (nSPS) is 15.4. The lowest BCUT2D eigenvalue weighted by Crippen LogP contribution is -2.48. The zero-order valence-electron chi connectivity index (χ0n) is 17.6. The SMILES string of the molecule is C=CCc1cc(C)cc(/C=N/NC(=O)CN2CCN(Cc3ccccc3)CC2)c1O. The number of phenolic OH excluding ortho intramolecular Hbond substituents is 1. The number of rotatable bonds is 8. The molecular weight excluding hydrogens is 376 g/mol. The van der Waals surface area contributed by atoms with E-state index in [-0.39, 0.29) is 11.7 Å². The van der Waals surface area contributed by atoms with Crippen molar-refractivity contribution >= 4 is 12.1 Å². The van der Waals surface area contributed by atoms with Crippen LogP contribution in [0.1, 0.15) is 22.3 Å². The molecule has 2 N–H and O–H groups in total. The van der Waals surface area contributed by atoms with Gasteiger partial charge in [-0.2, -0.15) is 5.10 Å². The number of nitrogens with zero attached hydrogens (tertiary/aromatic N) is 3. The van der Waals surface area contributed by atoms with E-state index in [1.165, 1.54) is 11.8 Å². The number of nitrogens with one attached hydrogen (secondary N) is 1. The first-order chi connectivity index (χ1) is 14.5. The topological polar surface area (TPSA) is 68.2 Å². The second kappa shape index (κ2) is 10.7. The number of hydrogen-bond acceptors (Lipinski definition) is 5. The molecular formula is C24H30N4O2. The van der Waals surface area contributed by atoms with Gasteiger partial charge in [-0.3, -0.25) is 14.6 Å². The van der Waals surface area contributed by atoms with E-state index in [4.69, 9.17) is 0 Å². The molecule has 2 aromatic rings. The van der Waals surface area contributed by atoms with Crippen LogP contribution in [0, 0.1) is 6.92 Å². The molecule has 0 aliphatic carbocycles. The Hall–Kier alpha value is -2.96. The highest BCUT2D eigenvalue weighted by atomic mass is 16.3. The van der Waals surface area contributed by atoms with Crippen molar-refractivity contribution in [2.45, 2.75) is 19.9 Å². The Morgan fingerprint density at radius 1 is 1.17 bits per heavy atom. The number of hydrogen-bond donors (Lipinski definition) is 2. The molecule has 0 atom stereocenters. The molecule has 1 aliphatic heterocycles. The van der Waals surface area contributed by atoms with E-state index in [0.29, 0.717) is 18.5 Å². The minimum Gasteiger partial charge on any atom is -0.507 e. The lowest BCUT2D eigenvalue weighted by Gasteiger charge is -2.34. The lowest BCUT2D eigenvalue weighted by atomic mass is 10.0. The van der Waals surface area contributed by atoms with E-state index >= 15 is 0 Å². The highest BCUT2D eigenvalue weighted by Gasteiger charge is 2.18. The van der Waals surface area contributed by atoms with E-state index in [9.17, 15) is 9.90 Å². The van der Waals surface area contributed by atoms with Crippen LogP contribution in [0.2, 0.25) is 0 Å². The predicted octanol–water partition coefficient (Wildman–Crippen LogP) is 2.70. The van der Waals surface area contributed by atoms with Gasteiger partial charge in [0.1, 0.15) is 5.75 Å². The van der Waals surface area contributed by atoms with Crippen LogP contribution in [-0.4, -0.2) is 59.8 Å². The molecule has 1 aliphatic rings. The van der Waals surface area contributed by atoms with E-state index in [2.05, 4.69) is 51.2 Å². The monoisotopic (exact) mass is 406 g/mol. The number of aromatic hydroxyl groups is 1. The van der Waals surface area contributed by atoms with Crippen molar-refractivity contribution in [3.8, 4) is 5.75 Å². The van der Waals surface area contributed by atoms with Crippen molar-refractivity contribution < 1.29 is 9.90 Å². The summed E-state index contributed by atoms with van der Waals surface area (Å²) < 4.78 is 0. The minimum atomic E-state index is -0.152. The van der Waals surface area contributed by atoms with Gasteiger partial charge in [0.2, 0.25) is 0 Å². The van der Waals surface area contributed by atoms with Gasteiger partial charge < -0.3 is 5.11 Å². The first-order valence-corrected chi connectivity index (χ1v) is 10.3. The van der Waals surface area contributed by atoms with Gasteiger partial charge in [0.25, 0.3) is 5.91 Å². The van der Waals surface area contributed by atoms with Gasteiger partial charge in [-0.15, -0.1) is 6.58 Å². The molecule has 1 saturated heterocycles. The number of carbonyl (C=O) groups excluding carboxylic acids is 1. The van der Waals surface area contributed by atoms with Gasteiger partial charge in [-0.25, -0.2) is 5.43 Å². The number of amides is 1. The van der Waals surface area contributed by atoms with Crippen molar-refractivity contribution in [2.75, 3.05) is 32.7 Å². The minimum absolute atomic E-state index is 0.152. The van der Waals surface area contributed by atoms with Crippen LogP contribution in [-0.2, 0) is 17.8 Å². The average molecular weight is 407 g/mol. The third-order valence-corrected chi connectivity index (χ3v) is 5.20. The Morgan fingerprint density at radius 2 is 1.87 bits per heavy atom. The highest BCUT2D eigenvalue weighted by Crippen LogP contribution is 2.24. The first kappa shape index (κ1) is 21.7. The van der Waals surface area contributed by atoms with Crippen LogP contribution in [0.3, 0.4) is 0 Å². The smallest absolute Gasteiger partial charge is 0.254 e. The fourth-order valence-corrected chi connectivity index (χ4v) is 3.65. The third-order valence-electron chi connectivity index (χ3n) is 5.20. The molecule has 0 unspecified atom stereocenters. The van der Waals surface area contributed by atoms with E-state index < -0.39 is 0 Å². The van der Waals surface area contributed by atoms with E-state index in [0.717, 1.165) is 43.9 Å². The summed E-state index contributed by atoms with van der Waals surface area (Å²) >= 11 is 0. The molecule has 0 saturated carbocycles. The van der Waals surface area contributed by atoms with Gasteiger partial charge in [0, 0.05) is 38.3 Å². The largest absolute Gasteiger partial charge is 0.507 e. The molecule has 0 spiro atoms. The molecule has 1 fully saturated rings. The van der Waals surface area contributed by atoms with Crippen molar-refractivity contribution in [1.29, 1.82) is 0 Å². The number of carbonyl (C=O) groups is 1. The molecule has 1 amide bonds. The molecule has 3 rings (SSSR count). The van der Waals surface area contributed by atoms with Crippen molar-refractivity contribution in [2.24, 2.45) is 5.10 Å². The van der Waals surface area contributed by atoms with Gasteiger partial charge >= 0.3 is 0 Å². The summed E-state index contributed by atoms with van der Waals surface area (Å²) in [7, 11) is 0. The molecule has 0 aromatic heterocycles. The fraction of sp³-hybridized carbons (Fsp3) is 0.333. The molecule has 158 valence electrons. The van der Waals surface area contributed by atoms with Crippen molar-refractivity contribution in [1.82, 2.24) is 15.2 Å². The van der Waals surface area contributed by atoms with Gasteiger partial charge in [0.15, 0.2) is 0 Å². The van der Waals surface area contributed by atoms with Crippen LogP contribution < -0.4 is 5.43 Å². The standard InChI is InChI=1S/C24H30N4O2/c1-3-7-21-14-19(2)15-22(24(21)30)16-25-26-23(29)18-28-12-10-27(11-13-28)17-20-8-5-4-6-9-20/h3-6,8-9,14-16,30H,1,7,10-13,17-18H2,2H3,(H,26,29)/b25-16+. The Kier molecular flexibility index (Phi) is 7.76. The Bertz CT molecular complexity index is 888. The molecule has 0 bridgehead atoms. The summed E-state index contributed by atoms with van der Waals surface area (Å²) in [6.45, 7) is 10.5. The number of hydrazone groups is 1. The van der Waals surface area contributed by atoms with Crippen LogP contribution in [0.25, 0.3) is 0 Å². The maximum Gasteiger partial charge on any atom is 0.254 e. The number of piperazine rings is 1. The van der Waals surface area contributed by atoms with Crippen LogP contribution in [0.4, 0.5) is 0 Å². The molecule has 6 nitrogen and oxygen atoms in total. The maximum atomic E-state index is 12.2. The molecule has 2 aromatic carbocycles. The maximum absolute atomic E-state index is 12.2. The second-order valence-electron chi connectivity index (χ2n) is 7.69. The highest BCUT2D eigenvalue weighted by molar-refractivity contribution is 5.86. The number of aryl methyl sites for hydroxylation is 1. The Labute approximate surface area is 178 Å².